The van der Waals surface area contributed by atoms with Crippen molar-refractivity contribution < 1.29 is 22.1 Å². The van der Waals surface area contributed by atoms with Crippen molar-refractivity contribution in [1.82, 2.24) is 20.3 Å². The number of aromatic nitrogens is 3. The maximum atomic E-state index is 12.8. The van der Waals surface area contributed by atoms with Crippen molar-refractivity contribution in [1.29, 1.82) is 0 Å². The number of halogens is 4. The molecule has 2 N–H and O–H groups in total. The molecule has 3 rings (SSSR count). The van der Waals surface area contributed by atoms with Gasteiger partial charge in [-0.05, 0) is 20.2 Å². The van der Waals surface area contributed by atoms with Crippen LogP contribution in [0.2, 0.25) is 5.15 Å². The van der Waals surface area contributed by atoms with Crippen LogP contribution in [0.1, 0.15) is 33.6 Å². The number of aryl methyl sites for hydroxylation is 1. The predicted molar refractivity (Wildman–Crippen MR) is 87.2 cm³/mol. The Morgan fingerprint density at radius 1 is 1.48 bits per heavy atom. The van der Waals surface area contributed by atoms with Crippen molar-refractivity contribution in [3.63, 3.8) is 0 Å². The van der Waals surface area contributed by atoms with E-state index in [1.165, 1.54) is 6.92 Å². The van der Waals surface area contributed by atoms with Gasteiger partial charge in [0.15, 0.2) is 5.15 Å². The number of hydrogen-bond acceptors (Lipinski definition) is 6. The van der Waals surface area contributed by atoms with E-state index in [4.69, 9.17) is 15.7 Å². The van der Waals surface area contributed by atoms with Crippen LogP contribution in [0.25, 0.3) is 0 Å². The standard InChI is InChI=1S/C14H13ClF3N5OS/c1-6-7(14(16,17)18)5-20-12(21-6)23-9-8(15)22-11(25-9)13(2)3-4-19-10(13)24/h5H,3-4H2,1-2H3,(H,19,24)(H,20,21,23)/t13-/m1/s1/i2D3. The van der Waals surface area contributed by atoms with Gasteiger partial charge in [-0.3, -0.25) is 4.79 Å². The molecule has 0 bridgehead atoms. The normalized spacial score (nSPS) is 22.9. The molecule has 6 nitrogen and oxygen atoms in total. The second-order valence-corrected chi connectivity index (χ2v) is 6.72. The Morgan fingerprint density at radius 2 is 2.24 bits per heavy atom. The molecule has 0 aliphatic carbocycles. The van der Waals surface area contributed by atoms with E-state index in [1.807, 2.05) is 0 Å². The van der Waals surface area contributed by atoms with Crippen molar-refractivity contribution in [3.8, 4) is 0 Å². The zero-order chi connectivity index (χ0) is 20.9. The van der Waals surface area contributed by atoms with E-state index < -0.39 is 29.9 Å². The molecule has 25 heavy (non-hydrogen) atoms. The maximum Gasteiger partial charge on any atom is 0.419 e. The first kappa shape index (κ1) is 14.3. The van der Waals surface area contributed by atoms with Gasteiger partial charge in [0.05, 0.1) is 16.7 Å². The second kappa shape index (κ2) is 6.10. The van der Waals surface area contributed by atoms with Crippen LogP contribution in [0.15, 0.2) is 6.20 Å². The van der Waals surface area contributed by atoms with Gasteiger partial charge in [0.2, 0.25) is 11.9 Å². The highest BCUT2D eigenvalue weighted by atomic mass is 35.5. The number of nitrogens with one attached hydrogen (secondary N) is 2. The van der Waals surface area contributed by atoms with Crippen LogP contribution in [0, 0.1) is 6.92 Å². The third-order valence-electron chi connectivity index (χ3n) is 3.63. The summed E-state index contributed by atoms with van der Waals surface area (Å²) in [6.45, 7) is -1.30. The lowest BCUT2D eigenvalue weighted by Crippen LogP contribution is -2.32. The number of nitrogens with zero attached hydrogens (tertiary/aromatic N) is 3. The number of amides is 1. The fraction of sp³-hybridized carbons (Fsp3) is 0.429. The van der Waals surface area contributed by atoms with Gasteiger partial charge in [0, 0.05) is 16.9 Å². The van der Waals surface area contributed by atoms with E-state index in [1.54, 1.807) is 0 Å². The van der Waals surface area contributed by atoms with Crippen molar-refractivity contribution in [2.75, 3.05) is 11.9 Å². The third-order valence-corrected chi connectivity index (χ3v) is 5.15. The lowest BCUT2D eigenvalue weighted by atomic mass is 9.90. The largest absolute Gasteiger partial charge is 0.419 e. The SMILES string of the molecule is [2H]C([2H])([2H])[C@@]1(c2nc(Cl)c(Nc3ncc(C(F)(F)F)c(C)n3)s2)CCNC1=O. The van der Waals surface area contributed by atoms with Gasteiger partial charge in [0.1, 0.15) is 10.0 Å². The van der Waals surface area contributed by atoms with Crippen LogP contribution in [-0.2, 0) is 16.4 Å². The summed E-state index contributed by atoms with van der Waals surface area (Å²) in [5.41, 5.74) is -3.10. The van der Waals surface area contributed by atoms with E-state index in [0.29, 0.717) is 6.20 Å². The number of carbonyl (C=O) groups excluding carboxylic acids is 1. The Hall–Kier alpha value is -1.94. The van der Waals surface area contributed by atoms with Gasteiger partial charge in [-0.2, -0.15) is 13.2 Å². The molecule has 0 aromatic carbocycles. The van der Waals surface area contributed by atoms with Gasteiger partial charge < -0.3 is 10.6 Å². The zero-order valence-electron chi connectivity index (χ0n) is 15.7. The van der Waals surface area contributed by atoms with Gasteiger partial charge in [-0.15, -0.1) is 0 Å². The molecule has 2 aromatic rings. The molecule has 0 saturated carbocycles. The van der Waals surface area contributed by atoms with E-state index >= 15 is 0 Å². The van der Waals surface area contributed by atoms with E-state index in [2.05, 4.69) is 25.6 Å². The molecule has 3 heterocycles. The number of hydrogen-bond donors (Lipinski definition) is 2. The van der Waals surface area contributed by atoms with E-state index in [-0.39, 0.29) is 39.8 Å². The smallest absolute Gasteiger partial charge is 0.355 e. The maximum absolute atomic E-state index is 12.8. The number of alkyl halides is 3. The quantitative estimate of drug-likeness (QED) is 0.833. The molecule has 1 aliphatic rings. The average Bonchev–Trinajstić information content (AvgIpc) is 3.10. The highest BCUT2D eigenvalue weighted by Gasteiger charge is 2.42. The second-order valence-electron chi connectivity index (χ2n) is 5.37. The van der Waals surface area contributed by atoms with E-state index in [9.17, 15) is 18.0 Å². The average molecular weight is 395 g/mol. The minimum absolute atomic E-state index is 0.0152. The molecular weight excluding hydrogens is 379 g/mol. The zero-order valence-corrected chi connectivity index (χ0v) is 14.2. The summed E-state index contributed by atoms with van der Waals surface area (Å²) >= 11 is 6.88. The van der Waals surface area contributed by atoms with Crippen LogP contribution >= 0.6 is 22.9 Å². The molecule has 1 aliphatic heterocycles. The minimum atomic E-state index is -4.58. The molecule has 1 atom stereocenters. The molecule has 0 spiro atoms. The van der Waals surface area contributed by atoms with Crippen LogP contribution in [0.5, 0.6) is 0 Å². The molecule has 0 radical (unpaired) electrons. The number of rotatable bonds is 3. The molecule has 1 saturated heterocycles. The van der Waals surface area contributed by atoms with Gasteiger partial charge in [-0.1, -0.05) is 22.9 Å². The number of anilines is 2. The predicted octanol–water partition coefficient (Wildman–Crippen LogP) is 3.43. The summed E-state index contributed by atoms with van der Waals surface area (Å²) in [4.78, 5) is 23.7. The van der Waals surface area contributed by atoms with Crippen LogP contribution in [0.4, 0.5) is 24.1 Å². The minimum Gasteiger partial charge on any atom is -0.355 e. The molecule has 134 valence electrons. The topological polar surface area (TPSA) is 79.8 Å². The summed E-state index contributed by atoms with van der Waals surface area (Å²) in [7, 11) is 0. The lowest BCUT2D eigenvalue weighted by Gasteiger charge is -2.16. The highest BCUT2D eigenvalue weighted by molar-refractivity contribution is 7.16. The van der Waals surface area contributed by atoms with Crippen LogP contribution in [-0.4, -0.2) is 27.4 Å². The summed E-state index contributed by atoms with van der Waals surface area (Å²) in [5, 5.41) is 5.11. The first-order valence-corrected chi connectivity index (χ1v) is 8.18. The Morgan fingerprint density at radius 3 is 2.80 bits per heavy atom. The lowest BCUT2D eigenvalue weighted by molar-refractivity contribution is -0.138. The molecule has 0 unspecified atom stereocenters. The summed E-state index contributed by atoms with van der Waals surface area (Å²) in [6.07, 6.45) is -3.93. The molecule has 2 aromatic heterocycles. The first-order valence-electron chi connectivity index (χ1n) is 8.49. The Kier molecular flexibility index (Phi) is 3.48. The third kappa shape index (κ3) is 3.28. The summed E-state index contributed by atoms with van der Waals surface area (Å²) in [6, 6.07) is 0. The monoisotopic (exact) mass is 394 g/mol. The summed E-state index contributed by atoms with van der Waals surface area (Å²) in [5.74, 6) is -0.840. The summed E-state index contributed by atoms with van der Waals surface area (Å²) < 4.78 is 61.9. The fourth-order valence-corrected chi connectivity index (χ4v) is 3.57. The molecule has 1 amide bonds. The number of thiazole rings is 1. The van der Waals surface area contributed by atoms with Crippen molar-refractivity contribution in [2.24, 2.45) is 0 Å². The highest BCUT2D eigenvalue weighted by Crippen LogP contribution is 2.40. The van der Waals surface area contributed by atoms with Gasteiger partial charge in [-0.25, -0.2) is 15.0 Å². The van der Waals surface area contributed by atoms with Gasteiger partial charge >= 0.3 is 6.18 Å². The Bertz CT molecular complexity index is 936. The first-order chi connectivity index (χ1) is 12.9. The molecular formula is C14H13ClF3N5OS. The Labute approximate surface area is 154 Å². The van der Waals surface area contributed by atoms with Crippen LogP contribution < -0.4 is 10.6 Å². The number of carbonyl (C=O) groups is 1. The van der Waals surface area contributed by atoms with E-state index in [0.717, 1.165) is 11.3 Å². The van der Waals surface area contributed by atoms with Crippen molar-refractivity contribution in [3.05, 3.63) is 27.6 Å². The van der Waals surface area contributed by atoms with Crippen LogP contribution in [0.3, 0.4) is 0 Å². The molecule has 1 fully saturated rings. The molecule has 11 heteroatoms. The van der Waals surface area contributed by atoms with Crippen molar-refractivity contribution in [2.45, 2.75) is 31.8 Å². The van der Waals surface area contributed by atoms with Gasteiger partial charge in [0.25, 0.3) is 0 Å². The van der Waals surface area contributed by atoms with Crippen molar-refractivity contribution >= 4 is 39.8 Å². The fourth-order valence-electron chi connectivity index (χ4n) is 2.30. The Balaban J connectivity index is 1.95.